The van der Waals surface area contributed by atoms with Gasteiger partial charge in [0.1, 0.15) is 19.3 Å². The fraction of sp³-hybridized carbons (Fsp3) is 0.500. The largest absolute Gasteiger partial charge is 0.461 e. The van der Waals surface area contributed by atoms with Crippen LogP contribution in [-0.2, 0) is 16.1 Å². The number of benzene rings is 1. The van der Waals surface area contributed by atoms with Crippen molar-refractivity contribution in [1.82, 2.24) is 0 Å². The number of carbonyl (C=O) groups excluding carboxylic acids is 1. The van der Waals surface area contributed by atoms with Crippen LogP contribution in [0.3, 0.4) is 0 Å². The molecule has 0 fully saturated rings. The van der Waals surface area contributed by atoms with Crippen LogP contribution in [0.15, 0.2) is 24.3 Å². The summed E-state index contributed by atoms with van der Waals surface area (Å²) in [4.78, 5) is 11.5. The summed E-state index contributed by atoms with van der Waals surface area (Å²) in [6.45, 7) is 0.751. The van der Waals surface area contributed by atoms with Gasteiger partial charge in [-0.3, -0.25) is 4.79 Å². The zero-order valence-electron chi connectivity index (χ0n) is 11.2. The predicted octanol–water partition coefficient (Wildman–Crippen LogP) is 0.987. The maximum atomic E-state index is 11.5. The number of carbonyl (C=O) groups is 1. The number of ether oxygens (including phenoxy) is 1. The van der Waals surface area contributed by atoms with Crippen LogP contribution in [0.25, 0.3) is 0 Å². The standard InChI is InChI=1S/C14H21NO3/c1-15(2,3)10-13(16)9-14(17)18-11-12-7-5-4-6-8-12/h4-5,7-8,13,16H,9-11H2,1-3H3/q+1. The summed E-state index contributed by atoms with van der Waals surface area (Å²) in [6.07, 6.45) is -0.633. The quantitative estimate of drug-likeness (QED) is 0.606. The summed E-state index contributed by atoms with van der Waals surface area (Å²) in [5.74, 6) is -0.375. The highest BCUT2D eigenvalue weighted by Crippen LogP contribution is 2.04. The van der Waals surface area contributed by atoms with Gasteiger partial charge in [-0.15, -0.1) is 0 Å². The van der Waals surface area contributed by atoms with Crippen LogP contribution in [0.5, 0.6) is 0 Å². The number of nitrogens with zero attached hydrogens (tertiary/aromatic N) is 1. The molecule has 1 unspecified atom stereocenters. The van der Waals surface area contributed by atoms with Gasteiger partial charge in [0, 0.05) is 0 Å². The Hall–Kier alpha value is -1.39. The van der Waals surface area contributed by atoms with Gasteiger partial charge in [-0.2, -0.15) is 0 Å². The Bertz CT molecular complexity index is 370. The maximum absolute atomic E-state index is 11.5. The molecule has 99 valence electrons. The molecule has 0 aliphatic heterocycles. The zero-order chi connectivity index (χ0) is 13.6. The summed E-state index contributed by atoms with van der Waals surface area (Å²) in [7, 11) is 5.90. The number of hydrogen-bond donors (Lipinski definition) is 1. The van der Waals surface area contributed by atoms with Crippen LogP contribution >= 0.6 is 0 Å². The number of likely N-dealkylation sites (N-methyl/N-ethyl adjacent to an activating group) is 1. The van der Waals surface area contributed by atoms with Crippen molar-refractivity contribution in [3.05, 3.63) is 35.9 Å². The van der Waals surface area contributed by atoms with Crippen LogP contribution in [0.2, 0.25) is 0 Å². The van der Waals surface area contributed by atoms with Gasteiger partial charge in [0.25, 0.3) is 0 Å². The Morgan fingerprint density at radius 3 is 2.78 bits per heavy atom. The van der Waals surface area contributed by atoms with Crippen molar-refractivity contribution in [1.29, 1.82) is 0 Å². The molecule has 1 aromatic rings. The van der Waals surface area contributed by atoms with E-state index in [9.17, 15) is 9.90 Å². The van der Waals surface area contributed by atoms with Crippen molar-refractivity contribution in [3.63, 3.8) is 0 Å². The van der Waals surface area contributed by atoms with E-state index in [2.05, 4.69) is 6.07 Å². The zero-order valence-corrected chi connectivity index (χ0v) is 11.2. The minimum atomic E-state index is -0.667. The average Bonchev–Trinajstić information content (AvgIpc) is 2.25. The first-order valence-corrected chi connectivity index (χ1v) is 5.96. The van der Waals surface area contributed by atoms with Gasteiger partial charge >= 0.3 is 5.97 Å². The first kappa shape index (κ1) is 14.7. The summed E-state index contributed by atoms with van der Waals surface area (Å²) < 4.78 is 5.70. The third-order valence-corrected chi connectivity index (χ3v) is 2.33. The second-order valence-corrected chi connectivity index (χ2v) is 5.40. The minimum Gasteiger partial charge on any atom is -0.461 e. The van der Waals surface area contributed by atoms with Gasteiger partial charge in [0.15, 0.2) is 0 Å². The van der Waals surface area contributed by atoms with Crippen molar-refractivity contribution in [2.45, 2.75) is 19.1 Å². The second kappa shape index (κ2) is 6.52. The molecule has 0 saturated carbocycles. The highest BCUT2D eigenvalue weighted by molar-refractivity contribution is 5.69. The Morgan fingerprint density at radius 1 is 1.50 bits per heavy atom. The third-order valence-electron chi connectivity index (χ3n) is 2.33. The highest BCUT2D eigenvalue weighted by Gasteiger charge is 2.19. The molecule has 1 rings (SSSR count). The fourth-order valence-corrected chi connectivity index (χ4v) is 1.63. The molecule has 0 bridgehead atoms. The molecule has 1 radical (unpaired) electrons. The predicted molar refractivity (Wildman–Crippen MR) is 68.6 cm³/mol. The molecule has 0 amide bonds. The summed E-state index contributed by atoms with van der Waals surface area (Å²) >= 11 is 0. The van der Waals surface area contributed by atoms with Gasteiger partial charge in [-0.05, 0) is 17.7 Å². The molecule has 1 N–H and O–H groups in total. The van der Waals surface area contributed by atoms with Crippen molar-refractivity contribution in [2.24, 2.45) is 0 Å². The minimum absolute atomic E-state index is 0.0338. The molecular weight excluding hydrogens is 230 g/mol. The topological polar surface area (TPSA) is 46.5 Å². The monoisotopic (exact) mass is 251 g/mol. The molecule has 18 heavy (non-hydrogen) atoms. The van der Waals surface area contributed by atoms with Crippen molar-refractivity contribution in [2.75, 3.05) is 27.7 Å². The maximum Gasteiger partial charge on any atom is 0.308 e. The Kier molecular flexibility index (Phi) is 5.31. The normalized spacial score (nSPS) is 13.1. The van der Waals surface area contributed by atoms with E-state index < -0.39 is 6.10 Å². The number of hydrogen-bond acceptors (Lipinski definition) is 3. The SMILES string of the molecule is C[N+](C)(C)CC(O)CC(=O)OCc1c[c]ccc1. The lowest BCUT2D eigenvalue weighted by atomic mass is 10.2. The van der Waals surface area contributed by atoms with Gasteiger partial charge in [0.2, 0.25) is 0 Å². The molecule has 0 saturated heterocycles. The van der Waals surface area contributed by atoms with E-state index in [1.165, 1.54) is 0 Å². The van der Waals surface area contributed by atoms with E-state index in [4.69, 9.17) is 4.74 Å². The van der Waals surface area contributed by atoms with E-state index in [0.29, 0.717) is 11.0 Å². The molecular formula is C14H21NO3+. The molecule has 1 atom stereocenters. The Morgan fingerprint density at radius 2 is 2.22 bits per heavy atom. The fourth-order valence-electron chi connectivity index (χ4n) is 1.63. The van der Waals surface area contributed by atoms with Crippen molar-refractivity contribution in [3.8, 4) is 0 Å². The van der Waals surface area contributed by atoms with E-state index in [1.54, 1.807) is 12.1 Å². The lowest BCUT2D eigenvalue weighted by molar-refractivity contribution is -0.873. The van der Waals surface area contributed by atoms with E-state index >= 15 is 0 Å². The number of esters is 1. The Labute approximate surface area is 108 Å². The summed E-state index contributed by atoms with van der Waals surface area (Å²) in [6, 6.07) is 10.2. The smallest absolute Gasteiger partial charge is 0.308 e. The van der Waals surface area contributed by atoms with Crippen LogP contribution < -0.4 is 0 Å². The van der Waals surface area contributed by atoms with E-state index in [0.717, 1.165) is 5.56 Å². The first-order valence-electron chi connectivity index (χ1n) is 5.96. The summed E-state index contributed by atoms with van der Waals surface area (Å²) in [5, 5.41) is 9.73. The summed E-state index contributed by atoms with van der Waals surface area (Å²) in [5.41, 5.74) is 0.895. The lowest BCUT2D eigenvalue weighted by Crippen LogP contribution is -2.42. The number of quaternary nitrogens is 1. The van der Waals surface area contributed by atoms with Crippen LogP contribution in [0.1, 0.15) is 12.0 Å². The average molecular weight is 251 g/mol. The van der Waals surface area contributed by atoms with Crippen molar-refractivity contribution >= 4 is 5.97 Å². The highest BCUT2D eigenvalue weighted by atomic mass is 16.5. The Balaban J connectivity index is 2.30. The molecule has 4 heteroatoms. The second-order valence-electron chi connectivity index (χ2n) is 5.40. The van der Waals surface area contributed by atoms with Gasteiger partial charge < -0.3 is 14.3 Å². The molecule has 0 heterocycles. The lowest BCUT2D eigenvalue weighted by Gasteiger charge is -2.26. The van der Waals surface area contributed by atoms with Crippen LogP contribution in [-0.4, -0.2) is 49.4 Å². The molecule has 1 aromatic carbocycles. The van der Waals surface area contributed by atoms with Crippen LogP contribution in [0, 0.1) is 6.07 Å². The van der Waals surface area contributed by atoms with Gasteiger partial charge in [-0.25, -0.2) is 0 Å². The number of rotatable bonds is 6. The molecule has 0 aliphatic carbocycles. The van der Waals surface area contributed by atoms with Gasteiger partial charge in [-0.1, -0.05) is 18.2 Å². The molecule has 0 aromatic heterocycles. The van der Waals surface area contributed by atoms with Crippen LogP contribution in [0.4, 0.5) is 0 Å². The van der Waals surface area contributed by atoms with Gasteiger partial charge in [0.05, 0.1) is 27.6 Å². The first-order chi connectivity index (χ1) is 8.37. The van der Waals surface area contributed by atoms with Crippen molar-refractivity contribution < 1.29 is 19.1 Å². The number of aliphatic hydroxyl groups excluding tert-OH is 1. The van der Waals surface area contributed by atoms with E-state index in [-0.39, 0.29) is 19.0 Å². The molecule has 0 aliphatic rings. The number of aliphatic hydroxyl groups is 1. The molecule has 0 spiro atoms. The third kappa shape index (κ3) is 6.37. The molecule has 4 nitrogen and oxygen atoms in total. The van der Waals surface area contributed by atoms with E-state index in [1.807, 2.05) is 33.3 Å².